The van der Waals surface area contributed by atoms with Gasteiger partial charge in [-0.3, -0.25) is 0 Å². The Bertz CT molecular complexity index is 7030. The van der Waals surface area contributed by atoms with Crippen LogP contribution in [0.1, 0.15) is 0 Å². The summed E-state index contributed by atoms with van der Waals surface area (Å²) < 4.78 is 2.33. The van der Waals surface area contributed by atoms with Gasteiger partial charge in [0.2, 0.25) is 0 Å². The van der Waals surface area contributed by atoms with Crippen molar-refractivity contribution >= 4 is 65.4 Å². The first-order valence-corrected chi connectivity index (χ1v) is 37.2. The van der Waals surface area contributed by atoms with Gasteiger partial charge in [0, 0.05) is 107 Å². The van der Waals surface area contributed by atoms with Crippen LogP contribution in [-0.2, 0) is 0 Å². The van der Waals surface area contributed by atoms with Gasteiger partial charge in [-0.25, -0.2) is 64.8 Å². The molecule has 0 atom stereocenters. The molecule has 21 rings (SSSR count). The number of hydrogen-bond donors (Lipinski definition) is 0. The van der Waals surface area contributed by atoms with E-state index in [-0.39, 0.29) is 0 Å². The van der Waals surface area contributed by atoms with Gasteiger partial charge in [0.15, 0.2) is 34.9 Å². The maximum absolute atomic E-state index is 5.10. The molecule has 0 saturated carbocycles. The van der Waals surface area contributed by atoms with Gasteiger partial charge in [-0.15, -0.1) is 0 Å². The first kappa shape index (κ1) is 66.7. The Kier molecular flexibility index (Phi) is 17.2. The lowest BCUT2D eigenvalue weighted by Crippen LogP contribution is -2.00. The molecule has 14 heteroatoms. The highest BCUT2D eigenvalue weighted by Gasteiger charge is 2.19. The fourth-order valence-corrected chi connectivity index (χ4v) is 14.6. The summed E-state index contributed by atoms with van der Waals surface area (Å²) in [6.07, 6.45) is 6.93. The molecular weight excluding hydrogens is 1390 g/mol. The van der Waals surface area contributed by atoms with Crippen LogP contribution in [-0.4, -0.2) is 69.4 Å². The molecule has 14 nitrogen and oxygen atoms in total. The van der Waals surface area contributed by atoms with E-state index < -0.39 is 0 Å². The van der Waals surface area contributed by atoms with Crippen LogP contribution < -0.4 is 0 Å². The third kappa shape index (κ3) is 13.5. The summed E-state index contributed by atoms with van der Waals surface area (Å²) in [5.41, 5.74) is 24.3. The zero-order chi connectivity index (χ0) is 75.0. The van der Waals surface area contributed by atoms with E-state index in [0.717, 1.165) is 150 Å². The SMILES string of the molecule is c1ccc(-c2nc(-c3ccc(-c4ccc5cc(-c6ccc7ccc(-c8ncccn8)nc7c6)ccc5n4)cc3)cc(-c3ccc(-n4c5ccccc5c5ccccc54)cc3)n2)cc1.c1ccc(-c2nc(-c3ccccc3)nc(-c3ccc(-c4ccc5cc(-c6ccc7ccc(-c8ncccn8)nc7c6)ccc5n4)cc3)n2)cc1. The van der Waals surface area contributed by atoms with Crippen molar-refractivity contribution in [3.8, 4) is 142 Å². The predicted octanol–water partition coefficient (Wildman–Crippen LogP) is 23.2. The summed E-state index contributed by atoms with van der Waals surface area (Å²) in [5, 5.41) is 6.75. The summed E-state index contributed by atoms with van der Waals surface area (Å²) in [4.78, 5) is 62.0. The minimum atomic E-state index is 0.613. The van der Waals surface area contributed by atoms with Gasteiger partial charge in [0.05, 0.1) is 55.9 Å². The maximum atomic E-state index is 5.10. The third-order valence-corrected chi connectivity index (χ3v) is 20.4. The van der Waals surface area contributed by atoms with Crippen molar-refractivity contribution in [1.82, 2.24) is 69.4 Å². The molecule has 0 unspecified atom stereocenters. The molecule has 113 heavy (non-hydrogen) atoms. The summed E-state index contributed by atoms with van der Waals surface area (Å²) in [6.45, 7) is 0. The third-order valence-electron chi connectivity index (χ3n) is 20.4. The predicted molar refractivity (Wildman–Crippen MR) is 454 cm³/mol. The largest absolute Gasteiger partial charge is 0.309 e. The first-order chi connectivity index (χ1) is 55.9. The topological polar surface area (TPSA) is 172 Å². The normalized spacial score (nSPS) is 11.4. The maximum Gasteiger partial charge on any atom is 0.178 e. The molecule has 0 saturated heterocycles. The smallest absolute Gasteiger partial charge is 0.178 e. The molecule has 0 spiro atoms. The Morgan fingerprint density at radius 1 is 0.168 bits per heavy atom. The standard InChI is InChI=1S/C56H35N7.C43H27N7/c1-2-9-40(10-3-1)55-61-51(35-52(62-55)39-21-26-44(27-22-39)63-53-13-6-4-11-45(53)46-12-5-7-14-54(46)63)37-17-15-36(16-18-37)47-29-25-43-33-41(24-28-48(43)59-47)42-20-19-38-23-30-49(60-50(38)34-42)56-57-31-8-32-58-56;1-3-8-30(9-4-1)40-48-41(31-10-5-2-6-11-31)50-42(49-40)32-15-12-28(13-16-32)36-22-20-35-26-33(19-21-37(35)46-36)34-17-14-29-18-23-38(47-39(29)27-34)43-44-24-7-25-45-43/h1-35H;1-27H. The molecule has 0 aliphatic heterocycles. The summed E-state index contributed by atoms with van der Waals surface area (Å²) >= 11 is 0. The number of para-hydroxylation sites is 2. The molecule has 9 heterocycles. The number of hydrogen-bond acceptors (Lipinski definition) is 13. The second kappa shape index (κ2) is 29.1. The molecule has 12 aromatic carbocycles. The van der Waals surface area contributed by atoms with Crippen LogP contribution in [0.15, 0.2) is 377 Å². The highest BCUT2D eigenvalue weighted by Crippen LogP contribution is 2.38. The fourth-order valence-electron chi connectivity index (χ4n) is 14.6. The van der Waals surface area contributed by atoms with E-state index >= 15 is 0 Å². The van der Waals surface area contributed by atoms with Gasteiger partial charge < -0.3 is 4.57 Å². The van der Waals surface area contributed by atoms with Crippen molar-refractivity contribution in [2.45, 2.75) is 0 Å². The van der Waals surface area contributed by atoms with Crippen molar-refractivity contribution in [1.29, 1.82) is 0 Å². The van der Waals surface area contributed by atoms with E-state index in [9.17, 15) is 0 Å². The van der Waals surface area contributed by atoms with Crippen molar-refractivity contribution in [3.05, 3.63) is 377 Å². The Morgan fingerprint density at radius 3 is 0.912 bits per heavy atom. The zero-order valence-electron chi connectivity index (χ0n) is 60.6. The molecule has 0 amide bonds. The number of fused-ring (bicyclic) bond motifs is 7. The van der Waals surface area contributed by atoms with Gasteiger partial charge >= 0.3 is 0 Å². The zero-order valence-corrected chi connectivity index (χ0v) is 60.6. The van der Waals surface area contributed by atoms with Crippen molar-refractivity contribution in [2.75, 3.05) is 0 Å². The quantitative estimate of drug-likeness (QED) is 0.107. The molecule has 0 bridgehead atoms. The molecule has 0 fully saturated rings. The van der Waals surface area contributed by atoms with E-state index in [4.69, 9.17) is 44.9 Å². The second-order valence-corrected chi connectivity index (χ2v) is 27.5. The van der Waals surface area contributed by atoms with Crippen LogP contribution in [0.4, 0.5) is 0 Å². The number of benzene rings is 12. The van der Waals surface area contributed by atoms with E-state index in [1.807, 2.05) is 109 Å². The molecule has 0 radical (unpaired) electrons. The van der Waals surface area contributed by atoms with Crippen LogP contribution in [0.5, 0.6) is 0 Å². The van der Waals surface area contributed by atoms with E-state index in [0.29, 0.717) is 34.9 Å². The van der Waals surface area contributed by atoms with Crippen molar-refractivity contribution in [3.63, 3.8) is 0 Å². The van der Waals surface area contributed by atoms with E-state index in [2.05, 4.69) is 261 Å². The summed E-state index contributed by atoms with van der Waals surface area (Å²) in [7, 11) is 0. The van der Waals surface area contributed by atoms with Crippen LogP contribution in [0.25, 0.3) is 207 Å². The van der Waals surface area contributed by atoms with Gasteiger partial charge in [-0.2, -0.15) is 0 Å². The Labute approximate surface area is 649 Å². The average Bonchev–Trinajstić information content (AvgIpc) is 1.59. The number of pyridine rings is 4. The minimum Gasteiger partial charge on any atom is -0.309 e. The average molecular weight is 1450 g/mol. The molecule has 0 aliphatic rings. The van der Waals surface area contributed by atoms with Gasteiger partial charge in [-0.05, 0) is 125 Å². The van der Waals surface area contributed by atoms with Crippen molar-refractivity contribution in [2.24, 2.45) is 0 Å². The monoisotopic (exact) mass is 1450 g/mol. The molecule has 528 valence electrons. The van der Waals surface area contributed by atoms with Gasteiger partial charge in [-0.1, -0.05) is 249 Å². The highest BCUT2D eigenvalue weighted by atomic mass is 15.0. The lowest BCUT2D eigenvalue weighted by Gasteiger charge is -2.12. The van der Waals surface area contributed by atoms with Crippen LogP contribution in [0.3, 0.4) is 0 Å². The van der Waals surface area contributed by atoms with Crippen molar-refractivity contribution < 1.29 is 0 Å². The number of nitrogens with zero attached hydrogens (tertiary/aromatic N) is 14. The lowest BCUT2D eigenvalue weighted by molar-refractivity contribution is 1.07. The molecular formula is C99H62N14. The Balaban J connectivity index is 0.000000151. The summed E-state index contributed by atoms with van der Waals surface area (Å²) in [6, 6.07) is 120. The van der Waals surface area contributed by atoms with E-state index in [1.54, 1.807) is 30.9 Å². The van der Waals surface area contributed by atoms with Gasteiger partial charge in [0.25, 0.3) is 0 Å². The highest BCUT2D eigenvalue weighted by molar-refractivity contribution is 6.09. The van der Waals surface area contributed by atoms with Crippen LogP contribution >= 0.6 is 0 Å². The van der Waals surface area contributed by atoms with Gasteiger partial charge in [0.1, 0.15) is 11.4 Å². The molecule has 21 aromatic rings. The molecule has 0 aliphatic carbocycles. The molecule has 0 N–H and O–H groups in total. The lowest BCUT2D eigenvalue weighted by atomic mass is 10.0. The first-order valence-electron chi connectivity index (χ1n) is 37.2. The fraction of sp³-hybridized carbons (Fsp3) is 0. The van der Waals surface area contributed by atoms with E-state index in [1.165, 1.54) is 21.8 Å². The second-order valence-electron chi connectivity index (χ2n) is 27.5. The number of aromatic nitrogens is 14. The summed E-state index contributed by atoms with van der Waals surface area (Å²) in [5.74, 6) is 3.81. The minimum absolute atomic E-state index is 0.613. The van der Waals surface area contributed by atoms with Crippen LogP contribution in [0.2, 0.25) is 0 Å². The van der Waals surface area contributed by atoms with Crippen LogP contribution in [0, 0.1) is 0 Å². The molecule has 9 aromatic heterocycles. The Morgan fingerprint density at radius 2 is 0.478 bits per heavy atom. The Hall–Kier alpha value is -15.7. The number of rotatable bonds is 13.